The molecule has 3 aliphatic rings. The van der Waals surface area contributed by atoms with Crippen LogP contribution in [0, 0.1) is 0 Å². The molecule has 5 rings (SSSR count). The van der Waals surface area contributed by atoms with E-state index in [1.165, 1.54) is 10.4 Å². The van der Waals surface area contributed by atoms with E-state index in [-0.39, 0.29) is 17.1 Å². The molecule has 1 saturated carbocycles. The fourth-order valence-electron chi connectivity index (χ4n) is 4.67. The Morgan fingerprint density at radius 3 is 2.60 bits per heavy atom. The number of thiophene rings is 1. The van der Waals surface area contributed by atoms with Crippen LogP contribution in [0.5, 0.6) is 0 Å². The van der Waals surface area contributed by atoms with Crippen molar-refractivity contribution >= 4 is 28.0 Å². The van der Waals surface area contributed by atoms with Gasteiger partial charge in [0.1, 0.15) is 5.60 Å². The fraction of sp³-hybridized carbons (Fsp3) is 0.522. The van der Waals surface area contributed by atoms with Gasteiger partial charge >= 0.3 is 0 Å². The Kier molecular flexibility index (Phi) is 5.34. The SMILES string of the molecule is CCS(=O)c1ccc(CNC(=O)c2cc3c(s2)C2(CCNCC2)OC2(CC2)C3)cc1. The van der Waals surface area contributed by atoms with Crippen molar-refractivity contribution < 1.29 is 13.7 Å². The van der Waals surface area contributed by atoms with Crippen LogP contribution < -0.4 is 10.6 Å². The molecule has 2 aromatic rings. The zero-order valence-electron chi connectivity index (χ0n) is 17.3. The first kappa shape index (κ1) is 20.4. The molecule has 1 aromatic carbocycles. The Labute approximate surface area is 184 Å². The van der Waals surface area contributed by atoms with Crippen LogP contribution in [-0.2, 0) is 34.1 Å². The highest BCUT2D eigenvalue weighted by Crippen LogP contribution is 2.56. The number of fused-ring (bicyclic) bond motifs is 2. The summed E-state index contributed by atoms with van der Waals surface area (Å²) in [5, 5.41) is 6.50. The van der Waals surface area contributed by atoms with E-state index in [9.17, 15) is 9.00 Å². The first-order valence-electron chi connectivity index (χ1n) is 10.8. The minimum Gasteiger partial charge on any atom is -0.363 e. The molecule has 0 bridgehead atoms. The van der Waals surface area contributed by atoms with Gasteiger partial charge in [-0.05, 0) is 68.1 Å². The molecule has 30 heavy (non-hydrogen) atoms. The molecule has 2 N–H and O–H groups in total. The van der Waals surface area contributed by atoms with Gasteiger partial charge in [0, 0.05) is 28.5 Å². The van der Waals surface area contributed by atoms with E-state index in [4.69, 9.17) is 4.74 Å². The molecule has 2 spiro atoms. The second kappa shape index (κ2) is 7.86. The molecule has 1 aliphatic carbocycles. The normalized spacial score (nSPS) is 21.9. The second-order valence-corrected chi connectivity index (χ2v) is 11.4. The maximum atomic E-state index is 12.9. The summed E-state index contributed by atoms with van der Waals surface area (Å²) in [5.41, 5.74) is 2.15. The average Bonchev–Trinajstić information content (AvgIpc) is 3.35. The number of rotatable bonds is 5. The standard InChI is InChI=1S/C23H28N2O3S2/c1-2-30(27)18-5-3-16(4-6-18)15-25-21(26)19-13-17-14-22(7-8-22)28-23(20(17)29-19)9-11-24-12-10-23/h3-6,13,24H,2,7-12,14-15H2,1H3,(H,25,26). The maximum Gasteiger partial charge on any atom is 0.261 e. The Balaban J connectivity index is 1.31. The topological polar surface area (TPSA) is 67.4 Å². The van der Waals surface area contributed by atoms with Gasteiger partial charge in [-0.2, -0.15) is 0 Å². The van der Waals surface area contributed by atoms with Crippen LogP contribution in [0.1, 0.15) is 58.3 Å². The summed E-state index contributed by atoms with van der Waals surface area (Å²) in [5.74, 6) is 0.589. The molecule has 1 aromatic heterocycles. The van der Waals surface area contributed by atoms with E-state index in [2.05, 4.69) is 16.7 Å². The number of carbonyl (C=O) groups excluding carboxylic acids is 1. The van der Waals surface area contributed by atoms with Gasteiger partial charge in [0.05, 0.1) is 21.3 Å². The van der Waals surface area contributed by atoms with Crippen molar-refractivity contribution in [1.82, 2.24) is 10.6 Å². The third-order valence-electron chi connectivity index (χ3n) is 6.49. The maximum absolute atomic E-state index is 12.9. The lowest BCUT2D eigenvalue weighted by Crippen LogP contribution is -2.47. The van der Waals surface area contributed by atoms with Gasteiger partial charge in [-0.25, -0.2) is 0 Å². The summed E-state index contributed by atoms with van der Waals surface area (Å²) in [6.45, 7) is 4.31. The first-order chi connectivity index (χ1) is 14.5. The third kappa shape index (κ3) is 3.77. The van der Waals surface area contributed by atoms with Crippen molar-refractivity contribution in [3.05, 3.63) is 51.2 Å². The smallest absolute Gasteiger partial charge is 0.261 e. The van der Waals surface area contributed by atoms with Crippen molar-refractivity contribution in [2.75, 3.05) is 18.8 Å². The molecule has 1 unspecified atom stereocenters. The predicted molar refractivity (Wildman–Crippen MR) is 119 cm³/mol. The molecule has 5 nitrogen and oxygen atoms in total. The minimum atomic E-state index is -0.946. The highest BCUT2D eigenvalue weighted by Gasteiger charge is 2.56. The van der Waals surface area contributed by atoms with Crippen LogP contribution in [0.4, 0.5) is 0 Å². The first-order valence-corrected chi connectivity index (χ1v) is 13.0. The van der Waals surface area contributed by atoms with Gasteiger partial charge in [-0.1, -0.05) is 19.1 Å². The third-order valence-corrected chi connectivity index (χ3v) is 9.18. The number of benzene rings is 1. The molecule has 1 atom stereocenters. The number of ether oxygens (including phenoxy) is 1. The Morgan fingerprint density at radius 2 is 1.93 bits per heavy atom. The summed E-state index contributed by atoms with van der Waals surface area (Å²) in [4.78, 5) is 15.8. The zero-order valence-corrected chi connectivity index (χ0v) is 18.9. The van der Waals surface area contributed by atoms with Crippen molar-refractivity contribution in [2.45, 2.75) is 61.7 Å². The van der Waals surface area contributed by atoms with Crippen molar-refractivity contribution in [1.29, 1.82) is 0 Å². The summed E-state index contributed by atoms with van der Waals surface area (Å²) >= 11 is 1.62. The molecule has 3 heterocycles. The summed E-state index contributed by atoms with van der Waals surface area (Å²) in [7, 11) is -0.946. The molecule has 1 saturated heterocycles. The average molecular weight is 445 g/mol. The number of piperidine rings is 1. The van der Waals surface area contributed by atoms with Crippen LogP contribution in [0.15, 0.2) is 35.2 Å². The van der Waals surface area contributed by atoms with E-state index in [1.807, 2.05) is 31.2 Å². The van der Waals surface area contributed by atoms with Crippen LogP contribution in [-0.4, -0.2) is 34.6 Å². The van der Waals surface area contributed by atoms with Gasteiger partial charge in [-0.15, -0.1) is 11.3 Å². The van der Waals surface area contributed by atoms with E-state index >= 15 is 0 Å². The molecule has 1 amide bonds. The van der Waals surface area contributed by atoms with Crippen molar-refractivity contribution in [3.63, 3.8) is 0 Å². The lowest BCUT2D eigenvalue weighted by molar-refractivity contribution is -0.138. The van der Waals surface area contributed by atoms with Crippen molar-refractivity contribution in [3.8, 4) is 0 Å². The quantitative estimate of drug-likeness (QED) is 0.741. The van der Waals surface area contributed by atoms with Crippen LogP contribution in [0.25, 0.3) is 0 Å². The molecule has 7 heteroatoms. The van der Waals surface area contributed by atoms with Crippen LogP contribution >= 0.6 is 11.3 Å². The monoisotopic (exact) mass is 444 g/mol. The molecular weight excluding hydrogens is 416 g/mol. The number of nitrogens with one attached hydrogen (secondary N) is 2. The molecular formula is C23H28N2O3S2. The Bertz CT molecular complexity index is 973. The fourth-order valence-corrected chi connectivity index (χ4v) is 6.73. The van der Waals surface area contributed by atoms with Gasteiger partial charge in [0.15, 0.2) is 0 Å². The lowest BCUT2D eigenvalue weighted by atomic mass is 9.84. The van der Waals surface area contributed by atoms with Crippen LogP contribution in [0.3, 0.4) is 0 Å². The zero-order chi connectivity index (χ0) is 20.8. The predicted octanol–water partition coefficient (Wildman–Crippen LogP) is 3.49. The number of hydrogen-bond donors (Lipinski definition) is 2. The highest BCUT2D eigenvalue weighted by atomic mass is 32.2. The van der Waals surface area contributed by atoms with Gasteiger partial charge in [0.25, 0.3) is 5.91 Å². The van der Waals surface area contributed by atoms with E-state index in [0.29, 0.717) is 12.3 Å². The lowest BCUT2D eigenvalue weighted by Gasteiger charge is -2.44. The van der Waals surface area contributed by atoms with Gasteiger partial charge < -0.3 is 15.4 Å². The van der Waals surface area contributed by atoms with Gasteiger partial charge in [-0.3, -0.25) is 9.00 Å². The molecule has 160 valence electrons. The van der Waals surface area contributed by atoms with E-state index in [0.717, 1.165) is 60.5 Å². The van der Waals surface area contributed by atoms with E-state index < -0.39 is 10.8 Å². The molecule has 0 radical (unpaired) electrons. The largest absolute Gasteiger partial charge is 0.363 e. The molecule has 2 fully saturated rings. The number of hydrogen-bond acceptors (Lipinski definition) is 5. The van der Waals surface area contributed by atoms with Gasteiger partial charge in [0.2, 0.25) is 0 Å². The summed E-state index contributed by atoms with van der Waals surface area (Å²) in [6, 6.07) is 9.76. The number of carbonyl (C=O) groups is 1. The second-order valence-electron chi connectivity index (χ2n) is 8.63. The summed E-state index contributed by atoms with van der Waals surface area (Å²) < 4.78 is 18.6. The van der Waals surface area contributed by atoms with Crippen molar-refractivity contribution in [2.24, 2.45) is 0 Å². The summed E-state index contributed by atoms with van der Waals surface area (Å²) in [6.07, 6.45) is 5.18. The molecule has 2 aliphatic heterocycles. The Morgan fingerprint density at radius 1 is 1.20 bits per heavy atom. The minimum absolute atomic E-state index is 0.0236. The van der Waals surface area contributed by atoms with Crippen LogP contribution in [0.2, 0.25) is 0 Å². The Hall–Kier alpha value is -1.54. The highest BCUT2D eigenvalue weighted by molar-refractivity contribution is 7.85. The number of amides is 1. The van der Waals surface area contributed by atoms with E-state index in [1.54, 1.807) is 11.3 Å².